The van der Waals surface area contributed by atoms with Gasteiger partial charge >= 0.3 is 0 Å². The molecular weight excluding hydrogens is 488 g/mol. The predicted molar refractivity (Wildman–Crippen MR) is 128 cm³/mol. The molecule has 0 saturated carbocycles. The van der Waals surface area contributed by atoms with Crippen LogP contribution >= 0.6 is 35.3 Å². The first-order valence-corrected chi connectivity index (χ1v) is 10.2. The van der Waals surface area contributed by atoms with Gasteiger partial charge in [-0.2, -0.15) is 0 Å². The van der Waals surface area contributed by atoms with Gasteiger partial charge in [-0.15, -0.1) is 35.3 Å². The monoisotopic (exact) mass is 517 g/mol. The molecule has 0 aliphatic carbocycles. The van der Waals surface area contributed by atoms with Gasteiger partial charge in [-0.05, 0) is 43.3 Å². The molecule has 0 amide bonds. The van der Waals surface area contributed by atoms with Crippen LogP contribution in [0, 0.1) is 12.7 Å². The summed E-state index contributed by atoms with van der Waals surface area (Å²) in [5, 5.41) is 6.75. The van der Waals surface area contributed by atoms with Crippen LogP contribution in [0.25, 0.3) is 0 Å². The number of anilines is 1. The Bertz CT molecular complexity index is 741. The third-order valence-corrected chi connectivity index (χ3v) is 5.73. The molecule has 1 fully saturated rings. The van der Waals surface area contributed by atoms with Crippen molar-refractivity contribution in [2.45, 2.75) is 13.5 Å². The number of thiophene rings is 1. The van der Waals surface area contributed by atoms with Crippen molar-refractivity contribution in [2.24, 2.45) is 4.99 Å². The van der Waals surface area contributed by atoms with Crippen LogP contribution in [0.15, 0.2) is 41.4 Å². The second kappa shape index (κ2) is 11.6. The molecule has 5 nitrogen and oxygen atoms in total. The molecule has 28 heavy (non-hydrogen) atoms. The minimum absolute atomic E-state index is 0. The minimum atomic E-state index is -0.181. The van der Waals surface area contributed by atoms with Crippen LogP contribution in [-0.2, 0) is 6.54 Å². The zero-order valence-corrected chi connectivity index (χ0v) is 19.6. The van der Waals surface area contributed by atoms with Crippen molar-refractivity contribution in [1.82, 2.24) is 15.5 Å². The van der Waals surface area contributed by atoms with Crippen molar-refractivity contribution in [3.8, 4) is 0 Å². The van der Waals surface area contributed by atoms with E-state index < -0.39 is 0 Å². The van der Waals surface area contributed by atoms with Gasteiger partial charge in [0.05, 0.1) is 6.54 Å². The molecule has 1 saturated heterocycles. The molecule has 0 atom stereocenters. The highest BCUT2D eigenvalue weighted by Gasteiger charge is 2.16. The lowest BCUT2D eigenvalue weighted by molar-refractivity contribution is 0.261. The highest BCUT2D eigenvalue weighted by molar-refractivity contribution is 14.0. The molecule has 0 unspecified atom stereocenters. The Balaban J connectivity index is 0.00000280. The molecule has 3 rings (SSSR count). The van der Waals surface area contributed by atoms with Crippen molar-refractivity contribution in [3.05, 3.63) is 52.0 Å². The number of hydrogen-bond acceptors (Lipinski definition) is 4. The standard InChI is InChI=1S/C20H28FN5S.HI/c1-16-3-8-19(27-16)15-24-20(22-2)23-9-10-25-11-13-26(14-12-25)18-6-4-17(21)5-7-18;/h3-8H,9-15H2,1-2H3,(H2,22,23,24);1H. The molecule has 2 N–H and O–H groups in total. The number of hydrogen-bond donors (Lipinski definition) is 2. The SMILES string of the molecule is CN=C(NCCN1CCN(c2ccc(F)cc2)CC1)NCc1ccc(C)s1.I. The van der Waals surface area contributed by atoms with Crippen molar-refractivity contribution >= 4 is 47.0 Å². The molecule has 2 aromatic rings. The quantitative estimate of drug-likeness (QED) is 0.351. The number of piperazine rings is 1. The fraction of sp³-hybridized carbons (Fsp3) is 0.450. The van der Waals surface area contributed by atoms with E-state index in [0.717, 1.165) is 57.5 Å². The molecule has 0 radical (unpaired) electrons. The number of nitrogens with zero attached hydrogens (tertiary/aromatic N) is 3. The summed E-state index contributed by atoms with van der Waals surface area (Å²) in [5.74, 6) is 0.658. The number of aryl methyl sites for hydroxylation is 1. The Labute approximate surface area is 188 Å². The van der Waals surface area contributed by atoms with Crippen molar-refractivity contribution < 1.29 is 4.39 Å². The molecule has 8 heteroatoms. The smallest absolute Gasteiger partial charge is 0.191 e. The Morgan fingerprint density at radius 1 is 1.07 bits per heavy atom. The first-order chi connectivity index (χ1) is 13.1. The number of rotatable bonds is 6. The van der Waals surface area contributed by atoms with Crippen LogP contribution in [-0.4, -0.2) is 57.2 Å². The van der Waals surface area contributed by atoms with Crippen LogP contribution < -0.4 is 15.5 Å². The predicted octanol–water partition coefficient (Wildman–Crippen LogP) is 3.30. The zero-order valence-electron chi connectivity index (χ0n) is 16.4. The maximum absolute atomic E-state index is 13.1. The molecule has 1 aromatic carbocycles. The van der Waals surface area contributed by atoms with E-state index in [1.54, 1.807) is 18.4 Å². The molecule has 2 heterocycles. The van der Waals surface area contributed by atoms with Crippen molar-refractivity contribution in [1.29, 1.82) is 0 Å². The summed E-state index contributed by atoms with van der Waals surface area (Å²) in [6, 6.07) is 11.1. The van der Waals surface area contributed by atoms with E-state index in [0.29, 0.717) is 0 Å². The van der Waals surface area contributed by atoms with Crippen LogP contribution in [0.2, 0.25) is 0 Å². The van der Waals surface area contributed by atoms with Gasteiger partial charge in [-0.25, -0.2) is 4.39 Å². The van der Waals surface area contributed by atoms with E-state index in [-0.39, 0.29) is 29.8 Å². The Morgan fingerprint density at radius 3 is 2.39 bits per heavy atom. The van der Waals surface area contributed by atoms with Gasteiger partial charge in [-0.1, -0.05) is 0 Å². The minimum Gasteiger partial charge on any atom is -0.369 e. The Morgan fingerprint density at radius 2 is 1.79 bits per heavy atom. The summed E-state index contributed by atoms with van der Waals surface area (Å²) in [6.07, 6.45) is 0. The van der Waals surface area contributed by atoms with E-state index in [9.17, 15) is 4.39 Å². The van der Waals surface area contributed by atoms with Gasteiger partial charge in [0.25, 0.3) is 0 Å². The summed E-state index contributed by atoms with van der Waals surface area (Å²) in [5.41, 5.74) is 1.10. The van der Waals surface area contributed by atoms with Gasteiger partial charge in [-0.3, -0.25) is 9.89 Å². The molecule has 0 bridgehead atoms. The van der Waals surface area contributed by atoms with Crippen LogP contribution in [0.3, 0.4) is 0 Å². The molecule has 1 aliphatic rings. The van der Waals surface area contributed by atoms with E-state index in [1.807, 2.05) is 12.1 Å². The number of aliphatic imine (C=N–C) groups is 1. The average Bonchev–Trinajstić information content (AvgIpc) is 3.11. The van der Waals surface area contributed by atoms with Crippen LogP contribution in [0.1, 0.15) is 9.75 Å². The summed E-state index contributed by atoms with van der Waals surface area (Å²) in [7, 11) is 1.80. The van der Waals surface area contributed by atoms with Crippen molar-refractivity contribution in [3.63, 3.8) is 0 Å². The van der Waals surface area contributed by atoms with Gasteiger partial charge in [0.15, 0.2) is 5.96 Å². The normalized spacial score (nSPS) is 15.2. The topological polar surface area (TPSA) is 42.9 Å². The molecule has 1 aromatic heterocycles. The number of nitrogens with one attached hydrogen (secondary N) is 2. The second-order valence-electron chi connectivity index (χ2n) is 6.67. The van der Waals surface area contributed by atoms with E-state index in [2.05, 4.69) is 44.5 Å². The second-order valence-corrected chi connectivity index (χ2v) is 8.04. The third kappa shape index (κ3) is 6.89. The molecule has 1 aliphatic heterocycles. The van der Waals surface area contributed by atoms with Crippen molar-refractivity contribution in [2.75, 3.05) is 51.2 Å². The highest BCUT2D eigenvalue weighted by atomic mass is 127. The van der Waals surface area contributed by atoms with Crippen LogP contribution in [0.5, 0.6) is 0 Å². The van der Waals surface area contributed by atoms with E-state index in [4.69, 9.17) is 0 Å². The number of halogens is 2. The fourth-order valence-electron chi connectivity index (χ4n) is 3.19. The third-order valence-electron chi connectivity index (χ3n) is 4.73. The maximum Gasteiger partial charge on any atom is 0.191 e. The fourth-order valence-corrected chi connectivity index (χ4v) is 4.02. The highest BCUT2D eigenvalue weighted by Crippen LogP contribution is 2.17. The summed E-state index contributed by atoms with van der Waals surface area (Å²) >= 11 is 1.81. The Kier molecular flexibility index (Phi) is 9.46. The lowest BCUT2D eigenvalue weighted by Crippen LogP contribution is -2.49. The van der Waals surface area contributed by atoms with E-state index in [1.165, 1.54) is 21.9 Å². The largest absolute Gasteiger partial charge is 0.369 e. The van der Waals surface area contributed by atoms with E-state index >= 15 is 0 Å². The number of benzene rings is 1. The van der Waals surface area contributed by atoms with Gasteiger partial charge in [0.2, 0.25) is 0 Å². The molecule has 0 spiro atoms. The lowest BCUT2D eigenvalue weighted by atomic mass is 10.2. The number of guanidine groups is 1. The van der Waals surface area contributed by atoms with Gasteiger partial charge < -0.3 is 15.5 Å². The molecular formula is C20H29FIN5S. The first-order valence-electron chi connectivity index (χ1n) is 9.37. The lowest BCUT2D eigenvalue weighted by Gasteiger charge is -2.36. The zero-order chi connectivity index (χ0) is 19.1. The summed E-state index contributed by atoms with van der Waals surface area (Å²) in [4.78, 5) is 11.7. The summed E-state index contributed by atoms with van der Waals surface area (Å²) in [6.45, 7) is 8.73. The van der Waals surface area contributed by atoms with Crippen LogP contribution in [0.4, 0.5) is 10.1 Å². The summed E-state index contributed by atoms with van der Waals surface area (Å²) < 4.78 is 13.1. The van der Waals surface area contributed by atoms with Gasteiger partial charge in [0, 0.05) is 61.8 Å². The first kappa shape index (κ1) is 22.9. The average molecular weight is 517 g/mol. The Hall–Kier alpha value is -1.39. The maximum atomic E-state index is 13.1. The van der Waals surface area contributed by atoms with Gasteiger partial charge in [0.1, 0.15) is 5.82 Å². The molecule has 154 valence electrons.